The molecule has 104 valence electrons. The molecule has 1 aliphatic rings. The van der Waals surface area contributed by atoms with Crippen molar-refractivity contribution in [3.63, 3.8) is 0 Å². The van der Waals surface area contributed by atoms with Crippen LogP contribution in [0.25, 0.3) is 0 Å². The molecule has 1 saturated carbocycles. The number of rotatable bonds is 7. The predicted octanol–water partition coefficient (Wildman–Crippen LogP) is 3.34. The molecule has 0 aliphatic heterocycles. The van der Waals surface area contributed by atoms with Gasteiger partial charge < -0.3 is 10.1 Å². The highest BCUT2D eigenvalue weighted by Gasteiger charge is 2.17. The third kappa shape index (κ3) is 3.67. The van der Waals surface area contributed by atoms with Crippen LogP contribution in [0, 0.1) is 16.0 Å². The van der Waals surface area contributed by atoms with Gasteiger partial charge in [0, 0.05) is 19.7 Å². The smallest absolute Gasteiger partial charge is 0.292 e. The Morgan fingerprint density at radius 3 is 2.84 bits per heavy atom. The Morgan fingerprint density at radius 1 is 1.47 bits per heavy atom. The molecule has 2 rings (SSSR count). The number of nitro groups is 1. The van der Waals surface area contributed by atoms with Crippen LogP contribution in [0.15, 0.2) is 18.2 Å². The first kappa shape index (κ1) is 13.8. The second-order valence-corrected chi connectivity index (χ2v) is 5.00. The molecule has 5 nitrogen and oxygen atoms in total. The number of nitrogens with one attached hydrogen (secondary N) is 1. The predicted molar refractivity (Wildman–Crippen MR) is 74.3 cm³/mol. The molecule has 0 bridgehead atoms. The summed E-state index contributed by atoms with van der Waals surface area (Å²) in [6, 6.07) is 5.17. The minimum absolute atomic E-state index is 0.0996. The van der Waals surface area contributed by atoms with Crippen LogP contribution in [-0.2, 0) is 11.3 Å². The van der Waals surface area contributed by atoms with Crippen molar-refractivity contribution in [1.29, 1.82) is 0 Å². The third-order valence-corrected chi connectivity index (χ3v) is 3.69. The Morgan fingerprint density at radius 2 is 2.26 bits per heavy atom. The Bertz CT molecular complexity index is 444. The first-order chi connectivity index (χ1) is 9.20. The molecule has 1 N–H and O–H groups in total. The van der Waals surface area contributed by atoms with E-state index < -0.39 is 0 Å². The molecule has 0 aromatic heterocycles. The second-order valence-electron chi connectivity index (χ2n) is 5.00. The number of anilines is 1. The third-order valence-electron chi connectivity index (χ3n) is 3.69. The first-order valence-corrected chi connectivity index (χ1v) is 6.73. The number of ether oxygens (including phenoxy) is 1. The van der Waals surface area contributed by atoms with Crippen LogP contribution < -0.4 is 5.32 Å². The number of hydrogen-bond acceptors (Lipinski definition) is 4. The van der Waals surface area contributed by atoms with Crippen LogP contribution in [0.1, 0.15) is 31.2 Å². The molecule has 1 fully saturated rings. The molecule has 5 heteroatoms. The Balaban J connectivity index is 1.85. The number of benzene rings is 1. The molecule has 19 heavy (non-hydrogen) atoms. The van der Waals surface area contributed by atoms with Crippen molar-refractivity contribution in [3.05, 3.63) is 33.9 Å². The lowest BCUT2D eigenvalue weighted by Gasteiger charge is -2.24. The fraction of sp³-hybridized carbons (Fsp3) is 0.571. The van der Waals surface area contributed by atoms with Crippen LogP contribution in [0.4, 0.5) is 11.4 Å². The van der Waals surface area contributed by atoms with Crippen molar-refractivity contribution in [1.82, 2.24) is 0 Å². The van der Waals surface area contributed by atoms with Gasteiger partial charge in [-0.15, -0.1) is 0 Å². The lowest BCUT2D eigenvalue weighted by Crippen LogP contribution is -2.13. The maximum absolute atomic E-state index is 10.9. The van der Waals surface area contributed by atoms with Gasteiger partial charge in [-0.2, -0.15) is 0 Å². The van der Waals surface area contributed by atoms with Gasteiger partial charge in [0.25, 0.3) is 5.69 Å². The summed E-state index contributed by atoms with van der Waals surface area (Å²) in [7, 11) is 1.68. The SMILES string of the molecule is CNc1ccc(COCCC2CCC2)cc1[N+](=O)[O-]. The quantitative estimate of drug-likeness (QED) is 0.466. The zero-order valence-electron chi connectivity index (χ0n) is 11.2. The Kier molecular flexibility index (Phi) is 4.74. The summed E-state index contributed by atoms with van der Waals surface area (Å²) in [5, 5.41) is 13.7. The first-order valence-electron chi connectivity index (χ1n) is 6.73. The molecule has 0 unspecified atom stereocenters. The molecular weight excluding hydrogens is 244 g/mol. The van der Waals surface area contributed by atoms with Crippen molar-refractivity contribution in [2.24, 2.45) is 5.92 Å². The molecule has 0 radical (unpaired) electrons. The number of hydrogen-bond donors (Lipinski definition) is 1. The van der Waals surface area contributed by atoms with E-state index in [2.05, 4.69) is 5.32 Å². The van der Waals surface area contributed by atoms with Gasteiger partial charge in [0.15, 0.2) is 0 Å². The normalized spacial score (nSPS) is 15.0. The Hall–Kier alpha value is -1.62. The highest BCUT2D eigenvalue weighted by atomic mass is 16.6. The summed E-state index contributed by atoms with van der Waals surface area (Å²) in [5.41, 5.74) is 1.48. The van der Waals surface area contributed by atoms with Crippen molar-refractivity contribution >= 4 is 11.4 Å². The lowest BCUT2D eigenvalue weighted by molar-refractivity contribution is -0.384. The molecule has 0 heterocycles. The van der Waals surface area contributed by atoms with E-state index in [4.69, 9.17) is 4.74 Å². The van der Waals surface area contributed by atoms with Crippen molar-refractivity contribution in [3.8, 4) is 0 Å². The maximum Gasteiger partial charge on any atom is 0.292 e. The van der Waals surface area contributed by atoms with Crippen molar-refractivity contribution < 1.29 is 9.66 Å². The van der Waals surface area contributed by atoms with Gasteiger partial charge in [-0.3, -0.25) is 10.1 Å². The van der Waals surface area contributed by atoms with Gasteiger partial charge in [0.1, 0.15) is 5.69 Å². The molecule has 1 aromatic carbocycles. The summed E-state index contributed by atoms with van der Waals surface area (Å²) < 4.78 is 5.59. The molecule has 0 saturated heterocycles. The van der Waals surface area contributed by atoms with Crippen LogP contribution in [0.2, 0.25) is 0 Å². The minimum atomic E-state index is -0.371. The van der Waals surface area contributed by atoms with E-state index in [9.17, 15) is 10.1 Å². The summed E-state index contributed by atoms with van der Waals surface area (Å²) in [6.45, 7) is 1.18. The van der Waals surface area contributed by atoms with Crippen molar-refractivity contribution in [2.75, 3.05) is 19.0 Å². The largest absolute Gasteiger partial charge is 0.383 e. The Labute approximate surface area is 113 Å². The maximum atomic E-state index is 10.9. The van der Waals surface area contributed by atoms with Gasteiger partial charge in [0.05, 0.1) is 11.5 Å². The van der Waals surface area contributed by atoms with Gasteiger partial charge in [-0.25, -0.2) is 0 Å². The summed E-state index contributed by atoms with van der Waals surface area (Å²) in [5.74, 6) is 0.834. The fourth-order valence-corrected chi connectivity index (χ4v) is 2.25. The van der Waals surface area contributed by atoms with E-state index in [0.29, 0.717) is 12.3 Å². The van der Waals surface area contributed by atoms with E-state index in [1.54, 1.807) is 19.2 Å². The summed E-state index contributed by atoms with van der Waals surface area (Å²) in [6.07, 6.45) is 5.11. The zero-order chi connectivity index (χ0) is 13.7. The lowest BCUT2D eigenvalue weighted by atomic mass is 9.83. The van der Waals surface area contributed by atoms with Crippen LogP contribution in [0.3, 0.4) is 0 Å². The van der Waals surface area contributed by atoms with E-state index in [1.807, 2.05) is 6.07 Å². The average molecular weight is 264 g/mol. The van der Waals surface area contributed by atoms with Gasteiger partial charge in [-0.1, -0.05) is 25.3 Å². The fourth-order valence-electron chi connectivity index (χ4n) is 2.25. The monoisotopic (exact) mass is 264 g/mol. The van der Waals surface area contributed by atoms with Crippen LogP contribution in [-0.4, -0.2) is 18.6 Å². The standard InChI is InChI=1S/C14H20N2O3/c1-15-13-6-5-12(9-14(13)16(17)18)10-19-8-7-11-3-2-4-11/h5-6,9,11,15H,2-4,7-8,10H2,1H3. The van der Waals surface area contributed by atoms with Crippen molar-refractivity contribution in [2.45, 2.75) is 32.3 Å². The number of nitro benzene ring substituents is 1. The van der Waals surface area contributed by atoms with Crippen LogP contribution >= 0.6 is 0 Å². The van der Waals surface area contributed by atoms with E-state index >= 15 is 0 Å². The van der Waals surface area contributed by atoms with Gasteiger partial charge in [0.2, 0.25) is 0 Å². The second kappa shape index (κ2) is 6.52. The average Bonchev–Trinajstić information content (AvgIpc) is 2.36. The highest BCUT2D eigenvalue weighted by molar-refractivity contribution is 5.62. The number of nitrogens with zero attached hydrogens (tertiary/aromatic N) is 1. The summed E-state index contributed by atoms with van der Waals surface area (Å²) >= 11 is 0. The molecule has 0 amide bonds. The molecule has 1 aromatic rings. The topological polar surface area (TPSA) is 64.4 Å². The molecular formula is C14H20N2O3. The van der Waals surface area contributed by atoms with Crippen LogP contribution in [0.5, 0.6) is 0 Å². The molecule has 1 aliphatic carbocycles. The van der Waals surface area contributed by atoms with E-state index in [-0.39, 0.29) is 10.6 Å². The van der Waals surface area contributed by atoms with E-state index in [1.165, 1.54) is 19.3 Å². The van der Waals surface area contributed by atoms with E-state index in [0.717, 1.165) is 24.5 Å². The zero-order valence-corrected chi connectivity index (χ0v) is 11.2. The molecule has 0 atom stereocenters. The van der Waals surface area contributed by atoms with Gasteiger partial charge in [-0.05, 0) is 24.0 Å². The summed E-state index contributed by atoms with van der Waals surface area (Å²) in [4.78, 5) is 10.6. The minimum Gasteiger partial charge on any atom is -0.383 e. The highest BCUT2D eigenvalue weighted by Crippen LogP contribution is 2.29. The van der Waals surface area contributed by atoms with Gasteiger partial charge >= 0.3 is 0 Å². The molecule has 0 spiro atoms.